The van der Waals surface area contributed by atoms with Gasteiger partial charge in [0.25, 0.3) is 0 Å². The zero-order valence-electron chi connectivity index (χ0n) is 5.74. The SMILES string of the molecule is CCOC(C)CN=[N+]=[N-]. The number of hydrogen-bond acceptors (Lipinski definition) is 2. The van der Waals surface area contributed by atoms with Gasteiger partial charge in [-0.2, -0.15) is 0 Å². The third-order valence-corrected chi connectivity index (χ3v) is 0.853. The Morgan fingerprint density at radius 3 is 2.89 bits per heavy atom. The van der Waals surface area contributed by atoms with Crippen LogP contribution in [-0.4, -0.2) is 19.3 Å². The van der Waals surface area contributed by atoms with Gasteiger partial charge in [0.2, 0.25) is 0 Å². The van der Waals surface area contributed by atoms with Crippen LogP contribution in [0, 0.1) is 0 Å². The highest BCUT2D eigenvalue weighted by Gasteiger charge is 1.95. The van der Waals surface area contributed by atoms with Crippen molar-refractivity contribution in [1.29, 1.82) is 0 Å². The Labute approximate surface area is 54.4 Å². The third kappa shape index (κ3) is 5.14. The maximum Gasteiger partial charge on any atom is 0.0603 e. The van der Waals surface area contributed by atoms with E-state index in [-0.39, 0.29) is 6.10 Å². The topological polar surface area (TPSA) is 58.0 Å². The van der Waals surface area contributed by atoms with Gasteiger partial charge < -0.3 is 4.74 Å². The maximum atomic E-state index is 7.89. The molecule has 0 aromatic heterocycles. The molecule has 0 aromatic carbocycles. The predicted molar refractivity (Wildman–Crippen MR) is 35.1 cm³/mol. The molecule has 0 aliphatic heterocycles. The average Bonchev–Trinajstić information content (AvgIpc) is 1.85. The van der Waals surface area contributed by atoms with E-state index >= 15 is 0 Å². The number of nitrogens with zero attached hydrogens (tertiary/aromatic N) is 3. The molecule has 52 valence electrons. The first-order valence-electron chi connectivity index (χ1n) is 2.93. The lowest BCUT2D eigenvalue weighted by Gasteiger charge is -2.05. The maximum absolute atomic E-state index is 7.89. The molecule has 0 fully saturated rings. The van der Waals surface area contributed by atoms with Crippen LogP contribution in [0.15, 0.2) is 5.11 Å². The summed E-state index contributed by atoms with van der Waals surface area (Å²) in [7, 11) is 0. The zero-order chi connectivity index (χ0) is 7.11. The Morgan fingerprint density at radius 2 is 2.44 bits per heavy atom. The van der Waals surface area contributed by atoms with Crippen molar-refractivity contribution in [2.24, 2.45) is 5.11 Å². The van der Waals surface area contributed by atoms with Crippen LogP contribution in [-0.2, 0) is 4.74 Å². The summed E-state index contributed by atoms with van der Waals surface area (Å²) in [6, 6.07) is 0. The molecule has 0 amide bonds. The molecule has 0 bridgehead atoms. The van der Waals surface area contributed by atoms with Gasteiger partial charge in [-0.05, 0) is 19.4 Å². The van der Waals surface area contributed by atoms with Crippen molar-refractivity contribution in [3.63, 3.8) is 0 Å². The summed E-state index contributed by atoms with van der Waals surface area (Å²) in [4.78, 5) is 2.60. The minimum Gasteiger partial charge on any atom is -0.379 e. The van der Waals surface area contributed by atoms with E-state index in [0.29, 0.717) is 13.2 Å². The van der Waals surface area contributed by atoms with Gasteiger partial charge in [-0.25, -0.2) is 0 Å². The first-order valence-corrected chi connectivity index (χ1v) is 2.93. The largest absolute Gasteiger partial charge is 0.379 e. The number of hydrogen-bond donors (Lipinski definition) is 0. The average molecular weight is 129 g/mol. The van der Waals surface area contributed by atoms with Gasteiger partial charge >= 0.3 is 0 Å². The van der Waals surface area contributed by atoms with Crippen molar-refractivity contribution in [1.82, 2.24) is 0 Å². The minimum atomic E-state index is 0.0471. The monoisotopic (exact) mass is 129 g/mol. The Balaban J connectivity index is 3.25. The summed E-state index contributed by atoms with van der Waals surface area (Å²) in [6.07, 6.45) is 0.0471. The molecule has 0 radical (unpaired) electrons. The van der Waals surface area contributed by atoms with E-state index in [9.17, 15) is 0 Å². The third-order valence-electron chi connectivity index (χ3n) is 0.853. The van der Waals surface area contributed by atoms with E-state index in [0.717, 1.165) is 0 Å². The zero-order valence-corrected chi connectivity index (χ0v) is 5.74. The molecule has 0 spiro atoms. The quantitative estimate of drug-likeness (QED) is 0.324. The van der Waals surface area contributed by atoms with Crippen LogP contribution < -0.4 is 0 Å². The van der Waals surface area contributed by atoms with E-state index in [1.165, 1.54) is 0 Å². The lowest BCUT2D eigenvalue weighted by Crippen LogP contribution is -2.10. The van der Waals surface area contributed by atoms with Crippen molar-refractivity contribution in [3.8, 4) is 0 Å². The molecule has 4 heteroatoms. The second-order valence-corrected chi connectivity index (χ2v) is 1.68. The van der Waals surface area contributed by atoms with E-state index in [2.05, 4.69) is 10.0 Å². The van der Waals surface area contributed by atoms with Crippen molar-refractivity contribution < 1.29 is 4.74 Å². The summed E-state index contributed by atoms with van der Waals surface area (Å²) in [5.74, 6) is 0. The number of ether oxygens (including phenoxy) is 1. The van der Waals surface area contributed by atoms with Gasteiger partial charge in [0.15, 0.2) is 0 Å². The fourth-order valence-electron chi connectivity index (χ4n) is 0.489. The fraction of sp³-hybridized carbons (Fsp3) is 1.00. The highest BCUT2D eigenvalue weighted by atomic mass is 16.5. The molecular formula is C5H11N3O. The van der Waals surface area contributed by atoms with Gasteiger partial charge in [-0.1, -0.05) is 5.11 Å². The summed E-state index contributed by atoms with van der Waals surface area (Å²) in [6.45, 7) is 4.87. The summed E-state index contributed by atoms with van der Waals surface area (Å²) in [5.41, 5.74) is 7.89. The first-order chi connectivity index (χ1) is 4.31. The van der Waals surface area contributed by atoms with Crippen LogP contribution in [0.2, 0.25) is 0 Å². The molecule has 0 saturated carbocycles. The van der Waals surface area contributed by atoms with Crippen LogP contribution in [0.1, 0.15) is 13.8 Å². The molecule has 0 rings (SSSR count). The van der Waals surface area contributed by atoms with Crippen LogP contribution in [0.4, 0.5) is 0 Å². The van der Waals surface area contributed by atoms with Crippen molar-refractivity contribution in [2.45, 2.75) is 20.0 Å². The highest BCUT2D eigenvalue weighted by Crippen LogP contribution is 1.89. The normalized spacial score (nSPS) is 12.2. The van der Waals surface area contributed by atoms with Crippen LogP contribution in [0.3, 0.4) is 0 Å². The molecular weight excluding hydrogens is 118 g/mol. The smallest absolute Gasteiger partial charge is 0.0603 e. The standard InChI is InChI=1S/C5H11N3O/c1-3-9-5(2)4-7-8-6/h5H,3-4H2,1-2H3. The summed E-state index contributed by atoms with van der Waals surface area (Å²) in [5, 5.41) is 3.35. The van der Waals surface area contributed by atoms with Gasteiger partial charge in [-0.15, -0.1) is 0 Å². The second kappa shape index (κ2) is 5.41. The molecule has 1 unspecified atom stereocenters. The Kier molecular flexibility index (Phi) is 4.97. The summed E-state index contributed by atoms with van der Waals surface area (Å²) < 4.78 is 5.08. The Bertz CT molecular complexity index is 109. The van der Waals surface area contributed by atoms with Crippen LogP contribution in [0.5, 0.6) is 0 Å². The molecule has 4 nitrogen and oxygen atoms in total. The van der Waals surface area contributed by atoms with E-state index < -0.39 is 0 Å². The molecule has 0 saturated heterocycles. The number of rotatable bonds is 4. The molecule has 0 N–H and O–H groups in total. The Hall–Kier alpha value is -0.730. The molecule has 1 atom stereocenters. The van der Waals surface area contributed by atoms with E-state index in [1.807, 2.05) is 13.8 Å². The fourth-order valence-corrected chi connectivity index (χ4v) is 0.489. The summed E-state index contributed by atoms with van der Waals surface area (Å²) >= 11 is 0. The van der Waals surface area contributed by atoms with Gasteiger partial charge in [-0.3, -0.25) is 0 Å². The highest BCUT2D eigenvalue weighted by molar-refractivity contribution is 4.53. The van der Waals surface area contributed by atoms with Gasteiger partial charge in [0.1, 0.15) is 0 Å². The molecule has 0 heterocycles. The van der Waals surface area contributed by atoms with Crippen molar-refractivity contribution >= 4 is 0 Å². The Morgan fingerprint density at radius 1 is 1.78 bits per heavy atom. The second-order valence-electron chi connectivity index (χ2n) is 1.68. The molecule has 0 aliphatic rings. The van der Waals surface area contributed by atoms with Gasteiger partial charge in [0.05, 0.1) is 12.6 Å². The lowest BCUT2D eigenvalue weighted by molar-refractivity contribution is 0.0826. The van der Waals surface area contributed by atoms with Crippen molar-refractivity contribution in [2.75, 3.05) is 13.2 Å². The molecule has 0 aromatic rings. The lowest BCUT2D eigenvalue weighted by atomic mass is 10.4. The van der Waals surface area contributed by atoms with Crippen molar-refractivity contribution in [3.05, 3.63) is 10.4 Å². The molecule has 9 heavy (non-hydrogen) atoms. The van der Waals surface area contributed by atoms with Crippen LogP contribution in [0.25, 0.3) is 10.4 Å². The minimum absolute atomic E-state index is 0.0471. The van der Waals surface area contributed by atoms with E-state index in [4.69, 9.17) is 10.3 Å². The number of azide groups is 1. The molecule has 0 aliphatic carbocycles. The van der Waals surface area contributed by atoms with E-state index in [1.54, 1.807) is 0 Å². The van der Waals surface area contributed by atoms with Gasteiger partial charge in [0, 0.05) is 11.5 Å². The first kappa shape index (κ1) is 8.27. The van der Waals surface area contributed by atoms with Crippen LogP contribution >= 0.6 is 0 Å². The predicted octanol–water partition coefficient (Wildman–Crippen LogP) is 1.72.